The van der Waals surface area contributed by atoms with Gasteiger partial charge < -0.3 is 0 Å². The van der Waals surface area contributed by atoms with Crippen LogP contribution in [-0.4, -0.2) is 13.0 Å². The molecule has 0 saturated heterocycles. The maximum absolute atomic E-state index is 11.8. The summed E-state index contributed by atoms with van der Waals surface area (Å²) in [7, 11) is 0. The minimum Gasteiger partial charge on any atom is -0.210 e. The largest absolute Gasteiger partial charge is 0.273 e. The molecule has 1 unspecified atom stereocenters. The first-order valence-corrected chi connectivity index (χ1v) is 2.98. The molecule has 1 heterocycles. The molecule has 0 fully saturated rings. The van der Waals surface area contributed by atoms with Crippen LogP contribution >= 0.6 is 0 Å². The molecule has 1 atom stereocenters. The Morgan fingerprint density at radius 2 is 2.33 bits per heavy atom. The van der Waals surface area contributed by atoms with Gasteiger partial charge in [-0.25, -0.2) is 8.78 Å². The molecule has 50 valence electrons. The van der Waals surface area contributed by atoms with Gasteiger partial charge in [-0.1, -0.05) is 4.85 Å². The van der Waals surface area contributed by atoms with Crippen LogP contribution in [0.5, 0.6) is 0 Å². The van der Waals surface area contributed by atoms with Crippen LogP contribution in [0.4, 0.5) is 8.78 Å². The highest BCUT2D eigenvalue weighted by molar-refractivity contribution is 4.94. The molecule has 0 radical (unpaired) electrons. The molecule has 0 aromatic carbocycles. The van der Waals surface area contributed by atoms with E-state index in [2.05, 4.69) is 10.9 Å². The third-order valence-corrected chi connectivity index (χ3v) is 1.43. The summed E-state index contributed by atoms with van der Waals surface area (Å²) in [5.41, 5.74) is 0. The third-order valence-electron chi connectivity index (χ3n) is 1.43. The highest BCUT2D eigenvalue weighted by atomic mass is 19.3. The summed E-state index contributed by atoms with van der Waals surface area (Å²) in [6, 6.07) is 2.56. The summed E-state index contributed by atoms with van der Waals surface area (Å²) in [4.78, 5) is 3.73. The molecule has 0 aliphatic carbocycles. The maximum atomic E-state index is 11.8. The Morgan fingerprint density at radius 3 is 2.67 bits per heavy atom. The molecule has 0 aromatic heterocycles. The Hall–Kier alpha value is -0.650. The smallest absolute Gasteiger partial charge is 0.210 e. The number of alkyl halides is 2. The number of nitrogens with zero attached hydrogens (tertiary/aromatic N) is 1. The molecule has 0 N–H and O–H groups in total. The molecule has 0 saturated carbocycles. The minimum absolute atomic E-state index is 0.331. The van der Waals surface area contributed by atoms with E-state index in [-0.39, 0.29) is 0 Å². The number of hydrogen-bond acceptors (Lipinski definition) is 0. The lowest BCUT2D eigenvalue weighted by atomic mass is 10.0. The first-order chi connectivity index (χ1) is 4.30. The Morgan fingerprint density at radius 1 is 1.56 bits per heavy atom. The van der Waals surface area contributed by atoms with E-state index in [1.54, 1.807) is 0 Å². The zero-order valence-electron chi connectivity index (χ0n) is 4.98. The number of halogens is 2. The SMILES string of the molecule is FC(F)C1CC#[N+]CC1. The van der Waals surface area contributed by atoms with E-state index >= 15 is 0 Å². The van der Waals surface area contributed by atoms with Gasteiger partial charge in [-0.15, -0.1) is 0 Å². The Kier molecular flexibility index (Phi) is 1.99. The van der Waals surface area contributed by atoms with Crippen LogP contribution in [0.3, 0.4) is 0 Å². The van der Waals surface area contributed by atoms with Crippen LogP contribution < -0.4 is 0 Å². The summed E-state index contributed by atoms with van der Waals surface area (Å²) in [6.07, 6.45) is -1.34. The topological polar surface area (TPSA) is 4.36 Å². The van der Waals surface area contributed by atoms with Gasteiger partial charge >= 0.3 is 0 Å². The second kappa shape index (κ2) is 2.77. The van der Waals surface area contributed by atoms with Crippen molar-refractivity contribution in [1.82, 2.24) is 0 Å². The standard InChI is InChI=1S/C6H8F2N/c7-6(8)5-1-3-9-4-2-5/h5-6H,1-3H2/q+1. The zero-order valence-corrected chi connectivity index (χ0v) is 4.98. The lowest BCUT2D eigenvalue weighted by molar-refractivity contribution is 0.0758. The van der Waals surface area contributed by atoms with Crippen LogP contribution in [0.1, 0.15) is 12.8 Å². The summed E-state index contributed by atoms with van der Waals surface area (Å²) in [6.45, 7) is 0.523. The average Bonchev–Trinajstić information content (AvgIpc) is 1.90. The van der Waals surface area contributed by atoms with Gasteiger partial charge in [0, 0.05) is 12.3 Å². The zero-order chi connectivity index (χ0) is 6.69. The Balaban J connectivity index is 2.39. The van der Waals surface area contributed by atoms with Gasteiger partial charge in [-0.2, -0.15) is 0 Å². The van der Waals surface area contributed by atoms with Crippen LogP contribution in [-0.2, 0) is 0 Å². The second-order valence-corrected chi connectivity index (χ2v) is 2.13. The van der Waals surface area contributed by atoms with Crippen molar-refractivity contribution in [2.75, 3.05) is 6.54 Å². The predicted octanol–water partition coefficient (Wildman–Crippen LogP) is 1.99. The van der Waals surface area contributed by atoms with Crippen LogP contribution in [0.15, 0.2) is 0 Å². The van der Waals surface area contributed by atoms with Gasteiger partial charge in [-0.05, 0) is 0 Å². The highest BCUT2D eigenvalue weighted by Gasteiger charge is 2.25. The van der Waals surface area contributed by atoms with E-state index < -0.39 is 12.3 Å². The highest BCUT2D eigenvalue weighted by Crippen LogP contribution is 2.19. The quantitative estimate of drug-likeness (QED) is 0.514. The average molecular weight is 132 g/mol. The van der Waals surface area contributed by atoms with Gasteiger partial charge in [0.05, 0.1) is 6.42 Å². The first-order valence-electron chi connectivity index (χ1n) is 2.98. The van der Waals surface area contributed by atoms with Crippen molar-refractivity contribution >= 4 is 0 Å². The fourth-order valence-corrected chi connectivity index (χ4v) is 0.808. The monoisotopic (exact) mass is 132 g/mol. The summed E-state index contributed by atoms with van der Waals surface area (Å²) in [5, 5.41) is 0. The normalized spacial score (nSPS) is 25.4. The fourth-order valence-electron chi connectivity index (χ4n) is 0.808. The number of hydrogen-bond donors (Lipinski definition) is 0. The Labute approximate surface area is 52.5 Å². The van der Waals surface area contributed by atoms with Crippen molar-refractivity contribution in [1.29, 1.82) is 0 Å². The lowest BCUT2D eigenvalue weighted by Crippen LogP contribution is -2.13. The molecule has 0 amide bonds. The molecule has 0 bridgehead atoms. The second-order valence-electron chi connectivity index (χ2n) is 2.13. The lowest BCUT2D eigenvalue weighted by Gasteiger charge is -2.07. The molecule has 1 rings (SSSR count). The predicted molar refractivity (Wildman–Crippen MR) is 30.8 cm³/mol. The molecular weight excluding hydrogens is 124 g/mol. The minimum atomic E-state index is -2.19. The van der Waals surface area contributed by atoms with Crippen molar-refractivity contribution in [3.8, 4) is 6.07 Å². The van der Waals surface area contributed by atoms with E-state index in [0.29, 0.717) is 19.4 Å². The molecule has 3 heteroatoms. The molecular formula is C6H8F2N+. The van der Waals surface area contributed by atoms with Gasteiger partial charge in [-0.3, -0.25) is 0 Å². The number of rotatable bonds is 1. The summed E-state index contributed by atoms with van der Waals surface area (Å²) in [5.74, 6) is -0.484. The van der Waals surface area contributed by atoms with Crippen molar-refractivity contribution in [2.24, 2.45) is 5.92 Å². The van der Waals surface area contributed by atoms with Gasteiger partial charge in [0.2, 0.25) is 6.43 Å². The van der Waals surface area contributed by atoms with Gasteiger partial charge in [0.15, 0.2) is 0 Å². The Bertz CT molecular complexity index is 145. The van der Waals surface area contributed by atoms with Crippen LogP contribution in [0.2, 0.25) is 0 Å². The maximum Gasteiger partial charge on any atom is 0.273 e. The van der Waals surface area contributed by atoms with E-state index in [1.807, 2.05) is 0 Å². The summed E-state index contributed by atoms with van der Waals surface area (Å²) < 4.78 is 23.7. The summed E-state index contributed by atoms with van der Waals surface area (Å²) >= 11 is 0. The van der Waals surface area contributed by atoms with E-state index in [4.69, 9.17) is 0 Å². The van der Waals surface area contributed by atoms with E-state index in [0.717, 1.165) is 0 Å². The van der Waals surface area contributed by atoms with E-state index in [1.165, 1.54) is 0 Å². The molecule has 0 aromatic rings. The van der Waals surface area contributed by atoms with Crippen molar-refractivity contribution in [2.45, 2.75) is 19.3 Å². The fraction of sp³-hybridized carbons (Fsp3) is 0.833. The van der Waals surface area contributed by atoms with Crippen LogP contribution in [0.25, 0.3) is 4.85 Å². The molecule has 1 aliphatic rings. The van der Waals surface area contributed by atoms with Gasteiger partial charge in [0.1, 0.15) is 0 Å². The molecule has 0 spiro atoms. The molecule has 1 aliphatic heterocycles. The van der Waals surface area contributed by atoms with Gasteiger partial charge in [0.25, 0.3) is 12.6 Å². The van der Waals surface area contributed by atoms with Crippen molar-refractivity contribution in [3.63, 3.8) is 0 Å². The van der Waals surface area contributed by atoms with Crippen molar-refractivity contribution < 1.29 is 8.78 Å². The van der Waals surface area contributed by atoms with E-state index in [9.17, 15) is 8.78 Å². The third kappa shape index (κ3) is 1.63. The first kappa shape index (κ1) is 6.47. The van der Waals surface area contributed by atoms with Crippen molar-refractivity contribution in [3.05, 3.63) is 4.85 Å². The van der Waals surface area contributed by atoms with Crippen LogP contribution in [0, 0.1) is 12.0 Å². The molecule has 9 heavy (non-hydrogen) atoms. The molecule has 1 nitrogen and oxygen atoms in total.